The van der Waals surface area contributed by atoms with Crippen LogP contribution in [0, 0.1) is 11.6 Å². The molecule has 0 radical (unpaired) electrons. The Morgan fingerprint density at radius 3 is 2.29 bits per heavy atom. The van der Waals surface area contributed by atoms with Crippen molar-refractivity contribution in [3.05, 3.63) is 63.6 Å². The van der Waals surface area contributed by atoms with E-state index in [1.54, 1.807) is 0 Å². The highest BCUT2D eigenvalue weighted by Crippen LogP contribution is 2.36. The lowest BCUT2D eigenvalue weighted by Gasteiger charge is -2.14. The molecule has 0 spiro atoms. The minimum Gasteiger partial charge on any atom is -0.492 e. The Hall–Kier alpha value is -0.940. The van der Waals surface area contributed by atoms with Crippen molar-refractivity contribution in [2.45, 2.75) is 18.2 Å². The Balaban J connectivity index is 2.26. The van der Waals surface area contributed by atoms with Gasteiger partial charge in [-0.3, -0.25) is 0 Å². The van der Waals surface area contributed by atoms with E-state index in [9.17, 15) is 8.78 Å². The molecule has 1 nitrogen and oxygen atoms in total. The van der Waals surface area contributed by atoms with Crippen LogP contribution in [0.3, 0.4) is 0 Å². The highest BCUT2D eigenvalue weighted by atomic mass is 79.9. The first-order chi connectivity index (χ1) is 10.0. The van der Waals surface area contributed by atoms with Gasteiger partial charge in [-0.1, -0.05) is 28.9 Å². The summed E-state index contributed by atoms with van der Waals surface area (Å²) in [5, 5.41) is 0. The van der Waals surface area contributed by atoms with Gasteiger partial charge in [0, 0.05) is 6.07 Å². The van der Waals surface area contributed by atoms with Crippen molar-refractivity contribution in [2.24, 2.45) is 0 Å². The summed E-state index contributed by atoms with van der Waals surface area (Å²) in [6.07, 6.45) is 0.928. The fourth-order valence-electron chi connectivity index (χ4n) is 1.92. The Bertz CT molecular complexity index is 611. The molecule has 112 valence electrons. The topological polar surface area (TPSA) is 9.23 Å². The third kappa shape index (κ3) is 4.27. The predicted octanol–water partition coefficient (Wildman–Crippen LogP) is 6.00. The van der Waals surface area contributed by atoms with Crippen LogP contribution in [0.15, 0.2) is 40.9 Å². The summed E-state index contributed by atoms with van der Waals surface area (Å²) in [7, 11) is 0. The van der Waals surface area contributed by atoms with Crippen molar-refractivity contribution >= 4 is 31.9 Å². The molecule has 2 aromatic rings. The van der Waals surface area contributed by atoms with Gasteiger partial charge in [-0.05, 0) is 57.7 Å². The SMILES string of the molecule is CCCOc1ccc(C(Br)c2cc(F)cc(F)c2)cc1Br. The number of benzene rings is 2. The van der Waals surface area contributed by atoms with Crippen LogP contribution in [0.4, 0.5) is 8.78 Å². The van der Waals surface area contributed by atoms with E-state index in [1.165, 1.54) is 12.1 Å². The van der Waals surface area contributed by atoms with E-state index in [2.05, 4.69) is 31.9 Å². The van der Waals surface area contributed by atoms with Gasteiger partial charge in [-0.15, -0.1) is 0 Å². The first kappa shape index (κ1) is 16.4. The number of hydrogen-bond acceptors (Lipinski definition) is 1. The maximum atomic E-state index is 13.3. The van der Waals surface area contributed by atoms with Crippen LogP contribution in [0.1, 0.15) is 29.3 Å². The summed E-state index contributed by atoms with van der Waals surface area (Å²) in [4.78, 5) is -0.292. The van der Waals surface area contributed by atoms with Gasteiger partial charge in [0.2, 0.25) is 0 Å². The number of hydrogen-bond donors (Lipinski definition) is 0. The van der Waals surface area contributed by atoms with Gasteiger partial charge in [0.05, 0.1) is 15.9 Å². The zero-order valence-corrected chi connectivity index (χ0v) is 14.5. The molecular formula is C16H14Br2F2O. The van der Waals surface area contributed by atoms with Crippen molar-refractivity contribution in [2.75, 3.05) is 6.61 Å². The first-order valence-corrected chi connectivity index (χ1v) is 8.24. The molecule has 0 bridgehead atoms. The van der Waals surface area contributed by atoms with Crippen molar-refractivity contribution in [1.82, 2.24) is 0 Å². The van der Waals surface area contributed by atoms with Gasteiger partial charge in [-0.25, -0.2) is 8.78 Å². The maximum absolute atomic E-state index is 13.3. The van der Waals surface area contributed by atoms with Crippen LogP contribution in [0.25, 0.3) is 0 Å². The predicted molar refractivity (Wildman–Crippen MR) is 87.1 cm³/mol. The average Bonchev–Trinajstić information content (AvgIpc) is 2.44. The molecule has 0 N–H and O–H groups in total. The molecule has 5 heteroatoms. The van der Waals surface area contributed by atoms with Crippen molar-refractivity contribution in [1.29, 1.82) is 0 Å². The van der Waals surface area contributed by atoms with Gasteiger partial charge >= 0.3 is 0 Å². The third-order valence-corrected chi connectivity index (χ3v) is 4.56. The van der Waals surface area contributed by atoms with E-state index >= 15 is 0 Å². The zero-order chi connectivity index (χ0) is 15.4. The van der Waals surface area contributed by atoms with Crippen LogP contribution in [-0.2, 0) is 0 Å². The Morgan fingerprint density at radius 2 is 1.71 bits per heavy atom. The summed E-state index contributed by atoms with van der Waals surface area (Å²) in [6.45, 7) is 2.68. The second-order valence-electron chi connectivity index (χ2n) is 4.60. The lowest BCUT2D eigenvalue weighted by Crippen LogP contribution is -1.98. The molecule has 2 aromatic carbocycles. The smallest absolute Gasteiger partial charge is 0.133 e. The van der Waals surface area contributed by atoms with Crippen LogP contribution < -0.4 is 4.74 Å². The standard InChI is InChI=1S/C16H14Br2F2O/c1-2-5-21-15-4-3-10(8-14(15)17)16(18)11-6-12(19)9-13(20)7-11/h3-4,6-9,16H,2,5H2,1H3. The Labute approximate surface area is 139 Å². The van der Waals surface area contributed by atoms with E-state index in [-0.39, 0.29) is 4.83 Å². The molecule has 0 amide bonds. The van der Waals surface area contributed by atoms with Gasteiger partial charge in [0.15, 0.2) is 0 Å². The normalized spacial score (nSPS) is 12.2. The fourth-order valence-corrected chi connectivity index (χ4v) is 2.98. The molecule has 2 rings (SSSR count). The number of alkyl halides is 1. The van der Waals surface area contributed by atoms with E-state index in [0.717, 1.165) is 28.3 Å². The molecule has 0 fully saturated rings. The molecule has 0 aliphatic carbocycles. The quantitative estimate of drug-likeness (QED) is 0.540. The van der Waals surface area contributed by atoms with E-state index in [1.807, 2.05) is 25.1 Å². The lowest BCUT2D eigenvalue weighted by molar-refractivity contribution is 0.315. The summed E-state index contributed by atoms with van der Waals surface area (Å²) in [5.74, 6) is -0.418. The minimum absolute atomic E-state index is 0.292. The molecule has 0 saturated heterocycles. The average molecular weight is 420 g/mol. The third-order valence-electron chi connectivity index (χ3n) is 2.89. The molecular weight excluding hydrogens is 406 g/mol. The van der Waals surface area contributed by atoms with E-state index < -0.39 is 11.6 Å². The highest BCUT2D eigenvalue weighted by molar-refractivity contribution is 9.10. The zero-order valence-electron chi connectivity index (χ0n) is 11.4. The summed E-state index contributed by atoms with van der Waals surface area (Å²) in [6, 6.07) is 9.10. The van der Waals surface area contributed by atoms with Gasteiger partial charge < -0.3 is 4.74 Å². The minimum atomic E-state index is -0.587. The number of ether oxygens (including phenoxy) is 1. The van der Waals surface area contributed by atoms with E-state index in [4.69, 9.17) is 4.74 Å². The van der Waals surface area contributed by atoms with Crippen LogP contribution in [0.5, 0.6) is 5.75 Å². The fraction of sp³-hybridized carbons (Fsp3) is 0.250. The van der Waals surface area contributed by atoms with Gasteiger partial charge in [-0.2, -0.15) is 0 Å². The monoisotopic (exact) mass is 418 g/mol. The summed E-state index contributed by atoms with van der Waals surface area (Å²) >= 11 is 6.93. The highest BCUT2D eigenvalue weighted by Gasteiger charge is 2.14. The second-order valence-corrected chi connectivity index (χ2v) is 6.37. The second kappa shape index (κ2) is 7.36. The van der Waals surface area contributed by atoms with Gasteiger partial charge in [0.1, 0.15) is 17.4 Å². The molecule has 1 unspecified atom stereocenters. The maximum Gasteiger partial charge on any atom is 0.133 e. The molecule has 0 aliphatic heterocycles. The first-order valence-electron chi connectivity index (χ1n) is 6.53. The molecule has 0 aromatic heterocycles. The lowest BCUT2D eigenvalue weighted by atomic mass is 10.0. The van der Waals surface area contributed by atoms with Crippen LogP contribution >= 0.6 is 31.9 Å². The van der Waals surface area contributed by atoms with Crippen molar-refractivity contribution in [3.8, 4) is 5.75 Å². The molecule has 0 saturated carbocycles. The van der Waals surface area contributed by atoms with E-state index in [0.29, 0.717) is 12.2 Å². The van der Waals surface area contributed by atoms with Crippen molar-refractivity contribution < 1.29 is 13.5 Å². The molecule has 0 heterocycles. The largest absolute Gasteiger partial charge is 0.492 e. The summed E-state index contributed by atoms with van der Waals surface area (Å²) in [5.41, 5.74) is 1.41. The Kier molecular flexibility index (Phi) is 5.76. The summed E-state index contributed by atoms with van der Waals surface area (Å²) < 4.78 is 33.0. The molecule has 21 heavy (non-hydrogen) atoms. The van der Waals surface area contributed by atoms with Crippen LogP contribution in [0.2, 0.25) is 0 Å². The number of halogens is 4. The number of rotatable bonds is 5. The molecule has 0 aliphatic rings. The van der Waals surface area contributed by atoms with Gasteiger partial charge in [0.25, 0.3) is 0 Å². The molecule has 1 atom stereocenters. The Morgan fingerprint density at radius 1 is 1.05 bits per heavy atom. The van der Waals surface area contributed by atoms with Crippen molar-refractivity contribution in [3.63, 3.8) is 0 Å². The van der Waals surface area contributed by atoms with Crippen LogP contribution in [-0.4, -0.2) is 6.61 Å².